The summed E-state index contributed by atoms with van der Waals surface area (Å²) in [6.07, 6.45) is -3.34. The molecule has 0 aliphatic rings. The van der Waals surface area contributed by atoms with E-state index in [9.17, 15) is 13.2 Å². The van der Waals surface area contributed by atoms with Crippen molar-refractivity contribution < 1.29 is 13.2 Å². The fourth-order valence-corrected chi connectivity index (χ4v) is 1.27. The highest BCUT2D eigenvalue weighted by molar-refractivity contribution is 6.16. The number of alkyl halides is 3. The summed E-state index contributed by atoms with van der Waals surface area (Å²) < 4.78 is 38.0. The van der Waals surface area contributed by atoms with Crippen molar-refractivity contribution >= 4 is 11.6 Å². The van der Waals surface area contributed by atoms with Crippen LogP contribution in [-0.4, -0.2) is 4.98 Å². The van der Waals surface area contributed by atoms with Crippen molar-refractivity contribution in [1.29, 1.82) is 5.26 Å². The second kappa shape index (κ2) is 4.99. The van der Waals surface area contributed by atoms with Crippen LogP contribution in [0, 0.1) is 17.1 Å². The van der Waals surface area contributed by atoms with E-state index in [0.717, 1.165) is 6.07 Å². The first-order chi connectivity index (χ1) is 7.10. The van der Waals surface area contributed by atoms with Gasteiger partial charge in [-0.1, -0.05) is 0 Å². The van der Waals surface area contributed by atoms with Crippen LogP contribution in [0.3, 0.4) is 0 Å². The summed E-state index contributed by atoms with van der Waals surface area (Å²) in [5.41, 5.74) is -0.919. The Hall–Kier alpha value is -1.28. The van der Waals surface area contributed by atoms with Crippen molar-refractivity contribution in [3.63, 3.8) is 0 Å². The van der Waals surface area contributed by atoms with Gasteiger partial charge in [-0.2, -0.15) is 5.26 Å². The minimum atomic E-state index is -2.98. The third-order valence-electron chi connectivity index (χ3n) is 1.74. The number of hydrogen-bond donors (Lipinski definition) is 0. The predicted octanol–water partition coefficient (Wildman–Crippen LogP) is 2.96. The lowest BCUT2D eigenvalue weighted by Crippen LogP contribution is -2.04. The molecule has 0 bridgehead atoms. The fraction of sp³-hybridized carbons (Fsp3) is 0.333. The molecule has 1 aromatic rings. The summed E-state index contributed by atoms with van der Waals surface area (Å²) in [4.78, 5) is 3.69. The largest absolute Gasteiger partial charge is 0.268 e. The molecule has 1 rings (SSSR count). The van der Waals surface area contributed by atoms with E-state index in [0.29, 0.717) is 0 Å². The van der Waals surface area contributed by atoms with E-state index >= 15 is 0 Å². The lowest BCUT2D eigenvalue weighted by molar-refractivity contribution is 0.144. The molecule has 0 unspecified atom stereocenters. The van der Waals surface area contributed by atoms with Gasteiger partial charge < -0.3 is 0 Å². The number of pyridine rings is 1. The van der Waals surface area contributed by atoms with Crippen LogP contribution in [0.2, 0.25) is 0 Å². The van der Waals surface area contributed by atoms with E-state index in [-0.39, 0.29) is 23.7 Å². The number of rotatable bonds is 3. The summed E-state index contributed by atoms with van der Waals surface area (Å²) in [5, 5.41) is 8.39. The molecule has 0 fully saturated rings. The molecule has 1 heterocycles. The van der Waals surface area contributed by atoms with Gasteiger partial charge in [0.1, 0.15) is 5.82 Å². The zero-order valence-electron chi connectivity index (χ0n) is 7.48. The van der Waals surface area contributed by atoms with Gasteiger partial charge in [-0.3, -0.25) is 4.98 Å². The van der Waals surface area contributed by atoms with Crippen LogP contribution in [0.25, 0.3) is 0 Å². The van der Waals surface area contributed by atoms with Gasteiger partial charge in [-0.15, -0.1) is 11.6 Å². The number of halogens is 4. The molecule has 0 radical (unpaired) electrons. The van der Waals surface area contributed by atoms with Crippen molar-refractivity contribution in [3.05, 3.63) is 28.8 Å². The summed E-state index contributed by atoms with van der Waals surface area (Å²) in [6.45, 7) is 0. The molecule has 0 amide bonds. The maximum Gasteiger partial charge on any atom is 0.268 e. The minimum absolute atomic E-state index is 0.0845. The van der Waals surface area contributed by atoms with Crippen LogP contribution >= 0.6 is 11.6 Å². The lowest BCUT2D eigenvalue weighted by Gasteiger charge is -2.08. The lowest BCUT2D eigenvalue weighted by atomic mass is 10.1. The van der Waals surface area contributed by atoms with E-state index in [2.05, 4.69) is 4.98 Å². The number of hydrogen-bond acceptors (Lipinski definition) is 2. The van der Waals surface area contributed by atoms with E-state index in [4.69, 9.17) is 16.9 Å². The summed E-state index contributed by atoms with van der Waals surface area (Å²) >= 11 is 5.40. The van der Waals surface area contributed by atoms with Crippen LogP contribution < -0.4 is 0 Å². The van der Waals surface area contributed by atoms with Crippen LogP contribution in [-0.2, 0) is 12.3 Å². The predicted molar refractivity (Wildman–Crippen MR) is 48.0 cm³/mol. The zero-order valence-corrected chi connectivity index (χ0v) is 8.23. The normalized spacial score (nSPS) is 10.4. The number of nitrogens with zero attached hydrogens (tertiary/aromatic N) is 2. The molecular weight excluding hydrogens is 229 g/mol. The first-order valence-electron chi connectivity index (χ1n) is 3.99. The Morgan fingerprint density at radius 1 is 1.53 bits per heavy atom. The van der Waals surface area contributed by atoms with Crippen LogP contribution in [0.4, 0.5) is 13.2 Å². The highest BCUT2D eigenvalue weighted by atomic mass is 35.5. The molecule has 1 aromatic heterocycles. The molecule has 0 saturated carbocycles. The number of aromatic nitrogens is 1. The second-order valence-electron chi connectivity index (χ2n) is 2.73. The molecule has 0 N–H and O–H groups in total. The quantitative estimate of drug-likeness (QED) is 0.754. The molecular formula is C9H6ClF3N2. The minimum Gasteiger partial charge on any atom is -0.255 e. The SMILES string of the molecule is N#CCc1nc(CCl)cc(F)c1C(F)F. The molecule has 0 atom stereocenters. The van der Waals surface area contributed by atoms with Crippen molar-refractivity contribution in [2.24, 2.45) is 0 Å². The Bertz CT molecular complexity index is 401. The number of nitriles is 1. The first-order valence-corrected chi connectivity index (χ1v) is 4.52. The van der Waals surface area contributed by atoms with Gasteiger partial charge in [-0.25, -0.2) is 13.2 Å². The van der Waals surface area contributed by atoms with Gasteiger partial charge in [-0.05, 0) is 6.07 Å². The molecule has 0 aromatic carbocycles. The third kappa shape index (κ3) is 2.60. The Kier molecular flexibility index (Phi) is 3.92. The van der Waals surface area contributed by atoms with Crippen LogP contribution in [0.1, 0.15) is 23.4 Å². The third-order valence-corrected chi connectivity index (χ3v) is 2.02. The van der Waals surface area contributed by atoms with Crippen molar-refractivity contribution in [1.82, 2.24) is 4.98 Å². The molecule has 0 saturated heterocycles. The molecule has 15 heavy (non-hydrogen) atoms. The fourth-order valence-electron chi connectivity index (χ4n) is 1.14. The van der Waals surface area contributed by atoms with E-state index in [1.165, 1.54) is 0 Å². The highest BCUT2D eigenvalue weighted by Gasteiger charge is 2.20. The maximum atomic E-state index is 13.2. The highest BCUT2D eigenvalue weighted by Crippen LogP contribution is 2.26. The molecule has 0 aliphatic carbocycles. The standard InChI is InChI=1S/C9H6ClF3N2/c10-4-5-3-6(11)8(9(12)13)7(15-5)1-2-14/h3,9H,1,4H2. The molecule has 80 valence electrons. The monoisotopic (exact) mass is 234 g/mol. The van der Waals surface area contributed by atoms with Gasteiger partial charge in [0.05, 0.1) is 35.3 Å². The van der Waals surface area contributed by atoms with Crippen LogP contribution in [0.5, 0.6) is 0 Å². The summed E-state index contributed by atoms with van der Waals surface area (Å²) in [7, 11) is 0. The second-order valence-corrected chi connectivity index (χ2v) is 2.99. The van der Waals surface area contributed by atoms with Gasteiger partial charge in [0.25, 0.3) is 6.43 Å². The van der Waals surface area contributed by atoms with Crippen molar-refractivity contribution in [2.45, 2.75) is 18.7 Å². The zero-order chi connectivity index (χ0) is 11.4. The first kappa shape index (κ1) is 11.8. The summed E-state index contributed by atoms with van der Waals surface area (Å²) in [6, 6.07) is 2.51. The van der Waals surface area contributed by atoms with Crippen molar-refractivity contribution in [3.8, 4) is 6.07 Å². The molecule has 0 spiro atoms. The Labute approximate surface area is 89.3 Å². The van der Waals surface area contributed by atoms with Crippen LogP contribution in [0.15, 0.2) is 6.07 Å². The smallest absolute Gasteiger partial charge is 0.255 e. The van der Waals surface area contributed by atoms with E-state index in [1.807, 2.05) is 0 Å². The van der Waals surface area contributed by atoms with Crippen molar-refractivity contribution in [2.75, 3.05) is 0 Å². The van der Waals surface area contributed by atoms with Gasteiger partial charge in [0.15, 0.2) is 0 Å². The summed E-state index contributed by atoms with van der Waals surface area (Å²) in [5.74, 6) is -1.15. The van der Waals surface area contributed by atoms with Gasteiger partial charge in [0, 0.05) is 0 Å². The maximum absolute atomic E-state index is 13.2. The van der Waals surface area contributed by atoms with E-state index < -0.39 is 17.8 Å². The molecule has 0 aliphatic heterocycles. The topological polar surface area (TPSA) is 36.7 Å². The Morgan fingerprint density at radius 2 is 2.20 bits per heavy atom. The van der Waals surface area contributed by atoms with Gasteiger partial charge >= 0.3 is 0 Å². The molecule has 2 nitrogen and oxygen atoms in total. The Morgan fingerprint density at radius 3 is 2.67 bits per heavy atom. The van der Waals surface area contributed by atoms with E-state index in [1.54, 1.807) is 6.07 Å². The Balaban J connectivity index is 3.30. The molecule has 6 heteroatoms. The van der Waals surface area contributed by atoms with Gasteiger partial charge in [0.2, 0.25) is 0 Å². The average molecular weight is 235 g/mol. The average Bonchev–Trinajstić information content (AvgIpc) is 2.16.